The van der Waals surface area contributed by atoms with Crippen LogP contribution in [-0.2, 0) is 14.8 Å². The molecule has 1 aliphatic heterocycles. The second kappa shape index (κ2) is 5.57. The van der Waals surface area contributed by atoms with E-state index < -0.39 is 21.5 Å². The van der Waals surface area contributed by atoms with E-state index in [4.69, 9.17) is 21.4 Å². The van der Waals surface area contributed by atoms with Gasteiger partial charge in [0.15, 0.2) is 0 Å². The SMILES string of the molecule is CC1(C)COCCN1S(=O)(=O)c1ccc(Cl)c(C(=O)O)c1. The van der Waals surface area contributed by atoms with Crippen molar-refractivity contribution in [3.8, 4) is 0 Å². The van der Waals surface area contributed by atoms with E-state index in [1.54, 1.807) is 13.8 Å². The van der Waals surface area contributed by atoms with Gasteiger partial charge in [-0.2, -0.15) is 4.31 Å². The van der Waals surface area contributed by atoms with Crippen LogP contribution in [0.5, 0.6) is 0 Å². The van der Waals surface area contributed by atoms with Crippen LogP contribution >= 0.6 is 11.6 Å². The summed E-state index contributed by atoms with van der Waals surface area (Å²) in [5, 5.41) is 9.06. The molecule has 6 nitrogen and oxygen atoms in total. The number of nitrogens with zero attached hydrogens (tertiary/aromatic N) is 1. The number of morpholine rings is 1. The van der Waals surface area contributed by atoms with Crippen LogP contribution in [0.3, 0.4) is 0 Å². The third-order valence-corrected chi connectivity index (χ3v) is 5.76. The van der Waals surface area contributed by atoms with E-state index in [0.29, 0.717) is 6.61 Å². The van der Waals surface area contributed by atoms with Gasteiger partial charge in [0.2, 0.25) is 10.0 Å². The van der Waals surface area contributed by atoms with E-state index in [1.807, 2.05) is 0 Å². The molecule has 1 aromatic rings. The Hall–Kier alpha value is -1.15. The standard InChI is InChI=1S/C13H16ClNO5S/c1-13(2)8-20-6-5-15(13)21(18,19)9-3-4-11(14)10(7-9)12(16)17/h3-4,7H,5-6,8H2,1-2H3,(H,16,17). The molecule has 2 rings (SSSR count). The largest absolute Gasteiger partial charge is 0.478 e. The van der Waals surface area contributed by atoms with Gasteiger partial charge in [0, 0.05) is 6.54 Å². The molecule has 116 valence electrons. The fraction of sp³-hybridized carbons (Fsp3) is 0.462. The first kappa shape index (κ1) is 16.2. The molecule has 0 radical (unpaired) electrons. The summed E-state index contributed by atoms with van der Waals surface area (Å²) < 4.78 is 32.1. The van der Waals surface area contributed by atoms with Crippen molar-refractivity contribution in [3.63, 3.8) is 0 Å². The maximum Gasteiger partial charge on any atom is 0.337 e. The van der Waals surface area contributed by atoms with Crippen molar-refractivity contribution in [3.05, 3.63) is 28.8 Å². The Bertz CT molecular complexity index is 671. The summed E-state index contributed by atoms with van der Waals surface area (Å²) >= 11 is 5.77. The van der Waals surface area contributed by atoms with Gasteiger partial charge in [0.1, 0.15) is 0 Å². The van der Waals surface area contributed by atoms with E-state index in [0.717, 1.165) is 6.07 Å². The average molecular weight is 334 g/mol. The molecule has 1 heterocycles. The summed E-state index contributed by atoms with van der Waals surface area (Å²) in [7, 11) is -3.81. The first-order chi connectivity index (χ1) is 9.66. The number of hydrogen-bond acceptors (Lipinski definition) is 4. The van der Waals surface area contributed by atoms with Crippen LogP contribution < -0.4 is 0 Å². The monoisotopic (exact) mass is 333 g/mol. The Morgan fingerprint density at radius 3 is 2.67 bits per heavy atom. The molecule has 1 saturated heterocycles. The number of ether oxygens (including phenoxy) is 1. The Morgan fingerprint density at radius 2 is 2.10 bits per heavy atom. The predicted molar refractivity (Wildman–Crippen MR) is 77.2 cm³/mol. The maximum atomic E-state index is 12.7. The van der Waals surface area contributed by atoms with Crippen LogP contribution in [0.1, 0.15) is 24.2 Å². The lowest BCUT2D eigenvalue weighted by molar-refractivity contribution is -0.00770. The van der Waals surface area contributed by atoms with Crippen molar-refractivity contribution < 1.29 is 23.1 Å². The number of carboxylic acids is 1. The minimum absolute atomic E-state index is 0.00249. The van der Waals surface area contributed by atoms with Gasteiger partial charge < -0.3 is 9.84 Å². The number of rotatable bonds is 3. The zero-order chi connectivity index (χ0) is 15.8. The second-order valence-corrected chi connectivity index (χ2v) is 7.66. The van der Waals surface area contributed by atoms with Crippen LogP contribution in [0.4, 0.5) is 0 Å². The fourth-order valence-electron chi connectivity index (χ4n) is 2.25. The minimum Gasteiger partial charge on any atom is -0.478 e. The van der Waals surface area contributed by atoms with Gasteiger partial charge in [0.05, 0.1) is 34.2 Å². The molecule has 0 atom stereocenters. The topological polar surface area (TPSA) is 83.9 Å². The summed E-state index contributed by atoms with van der Waals surface area (Å²) in [6.07, 6.45) is 0. The highest BCUT2D eigenvalue weighted by atomic mass is 35.5. The Balaban J connectivity index is 2.49. The molecule has 1 N–H and O–H groups in total. The highest BCUT2D eigenvalue weighted by molar-refractivity contribution is 7.89. The Labute approximate surface area is 128 Å². The number of carbonyl (C=O) groups is 1. The first-order valence-corrected chi connectivity index (χ1v) is 8.11. The van der Waals surface area contributed by atoms with E-state index >= 15 is 0 Å². The Kier molecular flexibility index (Phi) is 4.30. The molecule has 0 aliphatic carbocycles. The molecule has 1 fully saturated rings. The summed E-state index contributed by atoms with van der Waals surface area (Å²) in [6, 6.07) is 3.69. The molecule has 1 aliphatic rings. The Morgan fingerprint density at radius 1 is 1.43 bits per heavy atom. The first-order valence-electron chi connectivity index (χ1n) is 6.30. The quantitative estimate of drug-likeness (QED) is 0.912. The van der Waals surface area contributed by atoms with Gasteiger partial charge in [-0.1, -0.05) is 11.6 Å². The number of halogens is 1. The molecule has 21 heavy (non-hydrogen) atoms. The van der Waals surface area contributed by atoms with Crippen molar-refractivity contribution >= 4 is 27.6 Å². The van der Waals surface area contributed by atoms with Crippen molar-refractivity contribution in [1.82, 2.24) is 4.31 Å². The van der Waals surface area contributed by atoms with Crippen LogP contribution in [0, 0.1) is 0 Å². The van der Waals surface area contributed by atoms with E-state index in [1.165, 1.54) is 16.4 Å². The number of benzene rings is 1. The van der Waals surface area contributed by atoms with E-state index in [2.05, 4.69) is 0 Å². The molecule has 0 bridgehead atoms. The number of hydrogen-bond donors (Lipinski definition) is 1. The minimum atomic E-state index is -3.81. The predicted octanol–water partition coefficient (Wildman–Crippen LogP) is 1.84. The molecular weight excluding hydrogens is 318 g/mol. The highest BCUT2D eigenvalue weighted by Gasteiger charge is 2.40. The smallest absolute Gasteiger partial charge is 0.337 e. The lowest BCUT2D eigenvalue weighted by Gasteiger charge is -2.40. The highest BCUT2D eigenvalue weighted by Crippen LogP contribution is 2.29. The zero-order valence-electron chi connectivity index (χ0n) is 11.7. The second-order valence-electron chi connectivity index (χ2n) is 5.39. The van der Waals surface area contributed by atoms with Gasteiger partial charge in [-0.15, -0.1) is 0 Å². The lowest BCUT2D eigenvalue weighted by atomic mass is 10.1. The van der Waals surface area contributed by atoms with Gasteiger partial charge in [-0.25, -0.2) is 13.2 Å². The lowest BCUT2D eigenvalue weighted by Crippen LogP contribution is -2.55. The van der Waals surface area contributed by atoms with Crippen molar-refractivity contribution in [1.29, 1.82) is 0 Å². The van der Waals surface area contributed by atoms with Crippen LogP contribution in [-0.4, -0.2) is 49.1 Å². The van der Waals surface area contributed by atoms with E-state index in [9.17, 15) is 13.2 Å². The summed E-state index contributed by atoms with van der Waals surface area (Å²) in [6.45, 7) is 4.34. The van der Waals surface area contributed by atoms with Crippen molar-refractivity contribution in [2.45, 2.75) is 24.3 Å². The van der Waals surface area contributed by atoms with Gasteiger partial charge in [-0.3, -0.25) is 0 Å². The zero-order valence-corrected chi connectivity index (χ0v) is 13.2. The summed E-state index contributed by atoms with van der Waals surface area (Å²) in [5.41, 5.74) is -0.927. The van der Waals surface area contributed by atoms with Gasteiger partial charge in [-0.05, 0) is 32.0 Å². The molecule has 0 unspecified atom stereocenters. The van der Waals surface area contributed by atoms with Crippen molar-refractivity contribution in [2.24, 2.45) is 0 Å². The van der Waals surface area contributed by atoms with Gasteiger partial charge >= 0.3 is 5.97 Å². The number of sulfonamides is 1. The summed E-state index contributed by atoms with van der Waals surface area (Å²) in [4.78, 5) is 11.0. The molecule has 0 aromatic heterocycles. The third-order valence-electron chi connectivity index (χ3n) is 3.33. The normalized spacial score (nSPS) is 19.4. The fourth-order valence-corrected chi connectivity index (χ4v) is 4.22. The molecular formula is C13H16ClNO5S. The van der Waals surface area contributed by atoms with Crippen LogP contribution in [0.2, 0.25) is 5.02 Å². The molecule has 8 heteroatoms. The number of carboxylic acid groups (broad SMARTS) is 1. The molecule has 0 amide bonds. The molecule has 0 saturated carbocycles. The number of aromatic carboxylic acids is 1. The third kappa shape index (κ3) is 3.06. The van der Waals surface area contributed by atoms with Crippen LogP contribution in [0.15, 0.2) is 23.1 Å². The maximum absolute atomic E-state index is 12.7. The van der Waals surface area contributed by atoms with E-state index in [-0.39, 0.29) is 28.6 Å². The average Bonchev–Trinajstić information content (AvgIpc) is 2.37. The summed E-state index contributed by atoms with van der Waals surface area (Å²) in [5.74, 6) is -1.27. The molecule has 1 aromatic carbocycles. The van der Waals surface area contributed by atoms with Crippen molar-refractivity contribution in [2.75, 3.05) is 19.8 Å². The van der Waals surface area contributed by atoms with Crippen LogP contribution in [0.25, 0.3) is 0 Å². The molecule has 0 spiro atoms. The van der Waals surface area contributed by atoms with Gasteiger partial charge in [0.25, 0.3) is 0 Å².